The molecule has 0 spiro atoms. The van der Waals surface area contributed by atoms with Gasteiger partial charge in [-0.3, -0.25) is 14.4 Å². The number of rotatable bonds is 11. The second kappa shape index (κ2) is 11.8. The van der Waals surface area contributed by atoms with E-state index < -0.39 is 42.3 Å². The van der Waals surface area contributed by atoms with Crippen LogP contribution in [0.15, 0.2) is 0 Å². The van der Waals surface area contributed by atoms with Gasteiger partial charge in [-0.2, -0.15) is 0 Å². The molecule has 0 aliphatic heterocycles. The zero-order valence-electron chi connectivity index (χ0n) is 14.9. The van der Waals surface area contributed by atoms with E-state index in [4.69, 9.17) is 28.4 Å². The SMILES string of the molecule is COC[C@@H](OC(C)=O)[C@@H](OC)[C@H](OC(C)=O)[C@H](COC(C)=O)OC. The first-order valence-electron chi connectivity index (χ1n) is 7.29. The molecule has 0 N–H and O–H groups in total. The molecule has 140 valence electrons. The van der Waals surface area contributed by atoms with Crippen LogP contribution in [0.25, 0.3) is 0 Å². The van der Waals surface area contributed by atoms with E-state index in [1.165, 1.54) is 42.1 Å². The van der Waals surface area contributed by atoms with Crippen molar-refractivity contribution in [3.63, 3.8) is 0 Å². The van der Waals surface area contributed by atoms with E-state index in [0.717, 1.165) is 0 Å². The predicted octanol–water partition coefficient (Wildman–Crippen LogP) is 0.0893. The Labute approximate surface area is 141 Å². The van der Waals surface area contributed by atoms with Crippen LogP contribution in [-0.2, 0) is 42.8 Å². The Morgan fingerprint density at radius 1 is 0.708 bits per heavy atom. The van der Waals surface area contributed by atoms with Crippen molar-refractivity contribution in [2.75, 3.05) is 34.5 Å². The van der Waals surface area contributed by atoms with Gasteiger partial charge in [0, 0.05) is 42.1 Å². The lowest BCUT2D eigenvalue weighted by Crippen LogP contribution is -2.52. The van der Waals surface area contributed by atoms with Gasteiger partial charge in [0.25, 0.3) is 0 Å². The van der Waals surface area contributed by atoms with Crippen molar-refractivity contribution in [2.24, 2.45) is 0 Å². The Morgan fingerprint density at radius 2 is 1.29 bits per heavy atom. The summed E-state index contributed by atoms with van der Waals surface area (Å²) in [5.41, 5.74) is 0. The first-order valence-corrected chi connectivity index (χ1v) is 7.29. The van der Waals surface area contributed by atoms with Gasteiger partial charge in [-0.1, -0.05) is 0 Å². The van der Waals surface area contributed by atoms with Crippen LogP contribution in [0.4, 0.5) is 0 Å². The van der Waals surface area contributed by atoms with Gasteiger partial charge in [-0.05, 0) is 0 Å². The second-order valence-electron chi connectivity index (χ2n) is 4.95. The maximum absolute atomic E-state index is 11.5. The minimum absolute atomic E-state index is 0.0137. The van der Waals surface area contributed by atoms with Gasteiger partial charge in [-0.25, -0.2) is 0 Å². The lowest BCUT2D eigenvalue weighted by molar-refractivity contribution is -0.194. The molecular weight excluding hydrogens is 324 g/mol. The first-order chi connectivity index (χ1) is 11.3. The lowest BCUT2D eigenvalue weighted by atomic mass is 10.0. The largest absolute Gasteiger partial charge is 0.463 e. The van der Waals surface area contributed by atoms with Crippen molar-refractivity contribution in [1.29, 1.82) is 0 Å². The van der Waals surface area contributed by atoms with E-state index in [-0.39, 0.29) is 13.2 Å². The molecule has 0 fully saturated rings. The van der Waals surface area contributed by atoms with Crippen LogP contribution < -0.4 is 0 Å². The van der Waals surface area contributed by atoms with Gasteiger partial charge >= 0.3 is 17.9 Å². The molecule has 0 rings (SSSR count). The van der Waals surface area contributed by atoms with E-state index >= 15 is 0 Å². The molecule has 0 amide bonds. The molecule has 0 aromatic rings. The van der Waals surface area contributed by atoms with Crippen LogP contribution in [0.3, 0.4) is 0 Å². The van der Waals surface area contributed by atoms with E-state index in [0.29, 0.717) is 0 Å². The topological polar surface area (TPSA) is 107 Å². The molecule has 0 bridgehead atoms. The summed E-state index contributed by atoms with van der Waals surface area (Å²) in [6, 6.07) is 0. The van der Waals surface area contributed by atoms with Crippen LogP contribution in [-0.4, -0.2) is 76.9 Å². The third-order valence-corrected chi connectivity index (χ3v) is 3.03. The van der Waals surface area contributed by atoms with Gasteiger partial charge in [0.05, 0.1) is 6.61 Å². The molecule has 0 aromatic carbocycles. The highest BCUT2D eigenvalue weighted by Gasteiger charge is 2.40. The van der Waals surface area contributed by atoms with Crippen molar-refractivity contribution in [2.45, 2.75) is 45.2 Å². The lowest BCUT2D eigenvalue weighted by Gasteiger charge is -2.34. The smallest absolute Gasteiger partial charge is 0.303 e. The Bertz CT molecular complexity index is 410. The third kappa shape index (κ3) is 8.23. The number of ether oxygens (including phenoxy) is 6. The summed E-state index contributed by atoms with van der Waals surface area (Å²) in [6.07, 6.45) is -3.55. The number of carbonyl (C=O) groups is 3. The number of methoxy groups -OCH3 is 3. The molecule has 0 radical (unpaired) electrons. The quantitative estimate of drug-likeness (QED) is 0.378. The third-order valence-electron chi connectivity index (χ3n) is 3.03. The van der Waals surface area contributed by atoms with Crippen LogP contribution in [0, 0.1) is 0 Å². The Balaban J connectivity index is 5.46. The number of esters is 3. The highest BCUT2D eigenvalue weighted by Crippen LogP contribution is 2.18. The number of carbonyl (C=O) groups excluding carboxylic acids is 3. The zero-order valence-corrected chi connectivity index (χ0v) is 14.9. The van der Waals surface area contributed by atoms with Crippen molar-refractivity contribution < 1.29 is 42.8 Å². The van der Waals surface area contributed by atoms with Crippen LogP contribution in [0.5, 0.6) is 0 Å². The van der Waals surface area contributed by atoms with Crippen molar-refractivity contribution >= 4 is 17.9 Å². The van der Waals surface area contributed by atoms with Gasteiger partial charge < -0.3 is 28.4 Å². The van der Waals surface area contributed by atoms with E-state index in [1.807, 2.05) is 0 Å². The molecule has 0 aliphatic rings. The fourth-order valence-electron chi connectivity index (χ4n) is 2.11. The maximum atomic E-state index is 11.5. The molecule has 9 heteroatoms. The van der Waals surface area contributed by atoms with E-state index in [2.05, 4.69) is 0 Å². The molecule has 0 saturated carbocycles. The van der Waals surface area contributed by atoms with Crippen molar-refractivity contribution in [3.8, 4) is 0 Å². The van der Waals surface area contributed by atoms with Gasteiger partial charge in [-0.15, -0.1) is 0 Å². The van der Waals surface area contributed by atoms with Crippen LogP contribution in [0.2, 0.25) is 0 Å². The normalized spacial score (nSPS) is 15.8. The zero-order chi connectivity index (χ0) is 18.7. The monoisotopic (exact) mass is 350 g/mol. The summed E-state index contributed by atoms with van der Waals surface area (Å²) >= 11 is 0. The first kappa shape index (κ1) is 22.3. The Morgan fingerprint density at radius 3 is 1.67 bits per heavy atom. The minimum Gasteiger partial charge on any atom is -0.463 e. The Kier molecular flexibility index (Phi) is 10.9. The molecule has 0 aromatic heterocycles. The summed E-state index contributed by atoms with van der Waals surface area (Å²) in [5, 5.41) is 0. The molecule has 4 atom stereocenters. The summed E-state index contributed by atoms with van der Waals surface area (Å²) in [7, 11) is 4.16. The van der Waals surface area contributed by atoms with Gasteiger partial charge in [0.15, 0.2) is 12.2 Å². The molecular formula is C15H26O9. The summed E-state index contributed by atoms with van der Waals surface area (Å²) in [6.45, 7) is 3.55. The molecule has 0 aliphatic carbocycles. The summed E-state index contributed by atoms with van der Waals surface area (Å²) < 4.78 is 31.0. The summed E-state index contributed by atoms with van der Waals surface area (Å²) in [4.78, 5) is 33.8. The standard InChI is InChI=1S/C15H26O9/c1-9(16)22-8-12(20-5)15(24-11(3)18)14(21-6)13(7-19-4)23-10(2)17/h12-15H,7-8H2,1-6H3/t12-,13+,14+,15+/m0/s1. The highest BCUT2D eigenvalue weighted by atomic mass is 16.6. The highest BCUT2D eigenvalue weighted by molar-refractivity contribution is 5.67. The average Bonchev–Trinajstić information content (AvgIpc) is 2.47. The molecule has 0 heterocycles. The molecule has 0 saturated heterocycles. The fourth-order valence-corrected chi connectivity index (χ4v) is 2.11. The van der Waals surface area contributed by atoms with Crippen molar-refractivity contribution in [1.82, 2.24) is 0 Å². The fraction of sp³-hybridized carbons (Fsp3) is 0.800. The molecule has 24 heavy (non-hydrogen) atoms. The average molecular weight is 350 g/mol. The van der Waals surface area contributed by atoms with Crippen LogP contribution in [0.1, 0.15) is 20.8 Å². The summed E-state index contributed by atoms with van der Waals surface area (Å²) in [5.74, 6) is -1.65. The number of hydrogen-bond acceptors (Lipinski definition) is 9. The van der Waals surface area contributed by atoms with Gasteiger partial charge in [0.1, 0.15) is 18.8 Å². The van der Waals surface area contributed by atoms with E-state index in [1.54, 1.807) is 0 Å². The minimum atomic E-state index is -0.989. The van der Waals surface area contributed by atoms with Crippen molar-refractivity contribution in [3.05, 3.63) is 0 Å². The molecule has 9 nitrogen and oxygen atoms in total. The second-order valence-corrected chi connectivity index (χ2v) is 4.95. The maximum Gasteiger partial charge on any atom is 0.303 e. The van der Waals surface area contributed by atoms with Gasteiger partial charge in [0.2, 0.25) is 0 Å². The van der Waals surface area contributed by atoms with Crippen LogP contribution >= 0.6 is 0 Å². The van der Waals surface area contributed by atoms with E-state index in [9.17, 15) is 14.4 Å². The Hall–Kier alpha value is -1.71. The predicted molar refractivity (Wildman–Crippen MR) is 81.2 cm³/mol. The molecule has 0 unspecified atom stereocenters. The number of hydrogen-bond donors (Lipinski definition) is 0.